The Kier molecular flexibility index (Phi) is 5.36. The maximum atomic E-state index is 11.5. The van der Waals surface area contributed by atoms with Gasteiger partial charge >= 0.3 is 5.97 Å². The Labute approximate surface area is 107 Å². The third-order valence-electron chi connectivity index (χ3n) is 2.58. The van der Waals surface area contributed by atoms with Crippen LogP contribution in [0.1, 0.15) is 29.5 Å². The molecular formula is C14H19NO3. The standard InChI is InChI=1S/C14H19NO3/c1-10-7-11(2)9-12(8-10)3-4-13(16)15-6-5-14(17)18/h7-9H,3-6H2,1-2H3,(H,15,16)(H,17,18). The third kappa shape index (κ3) is 5.48. The van der Waals surface area contributed by atoms with E-state index in [-0.39, 0.29) is 18.9 Å². The van der Waals surface area contributed by atoms with Crippen molar-refractivity contribution in [3.63, 3.8) is 0 Å². The number of aryl methyl sites for hydroxylation is 3. The van der Waals surface area contributed by atoms with Gasteiger partial charge in [-0.05, 0) is 25.8 Å². The first-order valence-corrected chi connectivity index (χ1v) is 6.03. The summed E-state index contributed by atoms with van der Waals surface area (Å²) < 4.78 is 0. The number of hydrogen-bond acceptors (Lipinski definition) is 2. The van der Waals surface area contributed by atoms with Gasteiger partial charge < -0.3 is 10.4 Å². The van der Waals surface area contributed by atoms with Gasteiger partial charge in [0.2, 0.25) is 5.91 Å². The number of carboxylic acid groups (broad SMARTS) is 1. The predicted molar refractivity (Wildman–Crippen MR) is 69.5 cm³/mol. The zero-order valence-electron chi connectivity index (χ0n) is 10.8. The van der Waals surface area contributed by atoms with Crippen LogP contribution in [0.5, 0.6) is 0 Å². The highest BCUT2D eigenvalue weighted by Gasteiger charge is 2.04. The zero-order chi connectivity index (χ0) is 13.5. The lowest BCUT2D eigenvalue weighted by Gasteiger charge is -2.06. The second-order valence-electron chi connectivity index (χ2n) is 4.49. The molecule has 0 aromatic heterocycles. The van der Waals surface area contributed by atoms with Crippen molar-refractivity contribution in [1.82, 2.24) is 5.32 Å². The lowest BCUT2D eigenvalue weighted by atomic mass is 10.0. The molecule has 1 aromatic carbocycles. The molecule has 18 heavy (non-hydrogen) atoms. The van der Waals surface area contributed by atoms with Crippen LogP contribution in [0.2, 0.25) is 0 Å². The Morgan fingerprint density at radius 2 is 1.72 bits per heavy atom. The lowest BCUT2D eigenvalue weighted by molar-refractivity contribution is -0.136. The number of aliphatic carboxylic acids is 1. The van der Waals surface area contributed by atoms with Crippen LogP contribution in [0.25, 0.3) is 0 Å². The minimum atomic E-state index is -0.899. The van der Waals surface area contributed by atoms with Crippen molar-refractivity contribution in [2.24, 2.45) is 0 Å². The molecule has 0 unspecified atom stereocenters. The van der Waals surface area contributed by atoms with E-state index in [4.69, 9.17) is 5.11 Å². The predicted octanol–water partition coefficient (Wildman–Crippen LogP) is 1.83. The second kappa shape index (κ2) is 6.79. The average molecular weight is 249 g/mol. The number of nitrogens with one attached hydrogen (secondary N) is 1. The van der Waals surface area contributed by atoms with Gasteiger partial charge in [0, 0.05) is 13.0 Å². The van der Waals surface area contributed by atoms with Gasteiger partial charge in [0.1, 0.15) is 0 Å². The van der Waals surface area contributed by atoms with Gasteiger partial charge in [-0.3, -0.25) is 9.59 Å². The first-order chi connectivity index (χ1) is 8.47. The molecule has 1 amide bonds. The third-order valence-corrected chi connectivity index (χ3v) is 2.58. The molecule has 98 valence electrons. The molecule has 0 atom stereocenters. The van der Waals surface area contributed by atoms with E-state index in [0.717, 1.165) is 5.56 Å². The SMILES string of the molecule is Cc1cc(C)cc(CCC(=O)NCCC(=O)O)c1. The van der Waals surface area contributed by atoms with Crippen molar-refractivity contribution in [2.75, 3.05) is 6.54 Å². The molecule has 0 radical (unpaired) electrons. The molecule has 0 spiro atoms. The molecule has 0 bridgehead atoms. The van der Waals surface area contributed by atoms with Gasteiger partial charge in [-0.15, -0.1) is 0 Å². The lowest BCUT2D eigenvalue weighted by Crippen LogP contribution is -2.26. The summed E-state index contributed by atoms with van der Waals surface area (Å²) in [6, 6.07) is 6.23. The first-order valence-electron chi connectivity index (χ1n) is 6.03. The fraction of sp³-hybridized carbons (Fsp3) is 0.429. The smallest absolute Gasteiger partial charge is 0.305 e. The number of carbonyl (C=O) groups excluding carboxylic acids is 1. The quantitative estimate of drug-likeness (QED) is 0.808. The molecule has 0 saturated carbocycles. The number of hydrogen-bond donors (Lipinski definition) is 2. The summed E-state index contributed by atoms with van der Waals surface area (Å²) in [5.74, 6) is -1.000. The van der Waals surface area contributed by atoms with Gasteiger partial charge in [0.15, 0.2) is 0 Å². The van der Waals surface area contributed by atoms with Crippen LogP contribution in [-0.4, -0.2) is 23.5 Å². The van der Waals surface area contributed by atoms with E-state index in [1.807, 2.05) is 13.8 Å². The summed E-state index contributed by atoms with van der Waals surface area (Å²) in [5.41, 5.74) is 3.52. The summed E-state index contributed by atoms with van der Waals surface area (Å²) in [5, 5.41) is 11.0. The van der Waals surface area contributed by atoms with Crippen LogP contribution in [0.15, 0.2) is 18.2 Å². The molecule has 1 aromatic rings. The van der Waals surface area contributed by atoms with Crippen LogP contribution in [0, 0.1) is 13.8 Å². The summed E-state index contributed by atoms with van der Waals surface area (Å²) in [4.78, 5) is 21.7. The van der Waals surface area contributed by atoms with E-state index >= 15 is 0 Å². The van der Waals surface area contributed by atoms with Crippen molar-refractivity contribution < 1.29 is 14.7 Å². The van der Waals surface area contributed by atoms with E-state index < -0.39 is 5.97 Å². The van der Waals surface area contributed by atoms with Gasteiger partial charge in [0.05, 0.1) is 6.42 Å². The van der Waals surface area contributed by atoms with E-state index in [1.165, 1.54) is 11.1 Å². The molecule has 0 aliphatic heterocycles. The Morgan fingerprint density at radius 1 is 1.11 bits per heavy atom. The molecule has 0 fully saturated rings. The zero-order valence-corrected chi connectivity index (χ0v) is 10.8. The van der Waals surface area contributed by atoms with Crippen molar-refractivity contribution >= 4 is 11.9 Å². The molecule has 4 nitrogen and oxygen atoms in total. The number of benzene rings is 1. The topological polar surface area (TPSA) is 66.4 Å². The minimum Gasteiger partial charge on any atom is -0.481 e. The molecular weight excluding hydrogens is 230 g/mol. The number of carbonyl (C=O) groups is 2. The maximum absolute atomic E-state index is 11.5. The van der Waals surface area contributed by atoms with Gasteiger partial charge in [-0.2, -0.15) is 0 Å². The number of rotatable bonds is 6. The van der Waals surface area contributed by atoms with Gasteiger partial charge in [-0.1, -0.05) is 29.3 Å². The average Bonchev–Trinajstić information content (AvgIpc) is 2.24. The first kappa shape index (κ1) is 14.2. The summed E-state index contributed by atoms with van der Waals surface area (Å²) >= 11 is 0. The van der Waals surface area contributed by atoms with Crippen molar-refractivity contribution in [2.45, 2.75) is 33.1 Å². The minimum absolute atomic E-state index is 0.0324. The maximum Gasteiger partial charge on any atom is 0.305 e. The number of amides is 1. The fourth-order valence-electron chi connectivity index (χ4n) is 1.87. The van der Waals surface area contributed by atoms with E-state index in [0.29, 0.717) is 12.8 Å². The monoisotopic (exact) mass is 249 g/mol. The molecule has 4 heteroatoms. The molecule has 0 aliphatic carbocycles. The van der Waals surface area contributed by atoms with Crippen LogP contribution in [0.4, 0.5) is 0 Å². The van der Waals surface area contributed by atoms with Crippen LogP contribution in [0.3, 0.4) is 0 Å². The van der Waals surface area contributed by atoms with Gasteiger partial charge in [0.25, 0.3) is 0 Å². The molecule has 0 heterocycles. The fourth-order valence-corrected chi connectivity index (χ4v) is 1.87. The summed E-state index contributed by atoms with van der Waals surface area (Å²) in [7, 11) is 0. The Hall–Kier alpha value is -1.84. The molecule has 2 N–H and O–H groups in total. The Morgan fingerprint density at radius 3 is 2.28 bits per heavy atom. The summed E-state index contributed by atoms with van der Waals surface area (Å²) in [6.07, 6.45) is 1.04. The normalized spacial score (nSPS) is 10.1. The highest BCUT2D eigenvalue weighted by Crippen LogP contribution is 2.10. The molecule has 1 rings (SSSR count). The van der Waals surface area contributed by atoms with Crippen LogP contribution >= 0.6 is 0 Å². The molecule has 0 saturated heterocycles. The van der Waals surface area contributed by atoms with Crippen molar-refractivity contribution in [3.8, 4) is 0 Å². The highest BCUT2D eigenvalue weighted by molar-refractivity contribution is 5.77. The Bertz CT molecular complexity index is 420. The molecule has 0 aliphatic rings. The van der Waals surface area contributed by atoms with Crippen molar-refractivity contribution in [3.05, 3.63) is 34.9 Å². The summed E-state index contributed by atoms with van der Waals surface area (Å²) in [6.45, 7) is 4.26. The Balaban J connectivity index is 2.35. The van der Waals surface area contributed by atoms with E-state index in [9.17, 15) is 9.59 Å². The largest absolute Gasteiger partial charge is 0.481 e. The second-order valence-corrected chi connectivity index (χ2v) is 4.49. The van der Waals surface area contributed by atoms with E-state index in [2.05, 4.69) is 23.5 Å². The van der Waals surface area contributed by atoms with Crippen LogP contribution in [-0.2, 0) is 16.0 Å². The van der Waals surface area contributed by atoms with Crippen molar-refractivity contribution in [1.29, 1.82) is 0 Å². The van der Waals surface area contributed by atoms with Gasteiger partial charge in [-0.25, -0.2) is 0 Å². The highest BCUT2D eigenvalue weighted by atomic mass is 16.4. The van der Waals surface area contributed by atoms with E-state index in [1.54, 1.807) is 0 Å². The number of carboxylic acids is 1. The van der Waals surface area contributed by atoms with Crippen LogP contribution < -0.4 is 5.32 Å².